The lowest BCUT2D eigenvalue weighted by Gasteiger charge is -2.10. The summed E-state index contributed by atoms with van der Waals surface area (Å²) in [7, 11) is -1.07. The van der Waals surface area contributed by atoms with Gasteiger partial charge in [0.1, 0.15) is 27.9 Å². The largest absolute Gasteiger partial charge is 0.497 e. The Balaban J connectivity index is 2.32. The van der Waals surface area contributed by atoms with E-state index < -0.39 is 10.0 Å². The van der Waals surface area contributed by atoms with E-state index in [-0.39, 0.29) is 10.6 Å². The molecule has 0 bridgehead atoms. The molecule has 0 atom stereocenters. The van der Waals surface area contributed by atoms with Crippen LogP contribution in [0.1, 0.15) is 12.7 Å². The monoisotopic (exact) mass is 324 g/mol. The molecule has 0 radical (unpaired) electrons. The molecule has 0 aliphatic rings. The molecule has 0 aliphatic heterocycles. The molecule has 0 aliphatic carbocycles. The van der Waals surface area contributed by atoms with Crippen LogP contribution in [0.2, 0.25) is 0 Å². The van der Waals surface area contributed by atoms with E-state index in [1.165, 1.54) is 32.6 Å². The Hall–Kier alpha value is -2.48. The summed E-state index contributed by atoms with van der Waals surface area (Å²) in [5.41, 5.74) is 0.399. The SMILES string of the molecule is COc1ccc(OC)c(S(=O)(=O)N/N=C(\C)c2ccco2)c1. The van der Waals surface area contributed by atoms with Gasteiger partial charge in [-0.05, 0) is 31.2 Å². The smallest absolute Gasteiger partial charge is 0.280 e. The van der Waals surface area contributed by atoms with E-state index in [9.17, 15) is 8.42 Å². The first-order chi connectivity index (χ1) is 10.5. The van der Waals surface area contributed by atoms with Gasteiger partial charge in [-0.3, -0.25) is 0 Å². The quantitative estimate of drug-likeness (QED) is 0.648. The van der Waals surface area contributed by atoms with Gasteiger partial charge in [-0.1, -0.05) is 0 Å². The van der Waals surface area contributed by atoms with Crippen molar-refractivity contribution in [2.45, 2.75) is 11.8 Å². The highest BCUT2D eigenvalue weighted by Gasteiger charge is 2.20. The number of nitrogens with one attached hydrogen (secondary N) is 1. The van der Waals surface area contributed by atoms with E-state index in [2.05, 4.69) is 9.93 Å². The van der Waals surface area contributed by atoms with Gasteiger partial charge < -0.3 is 13.9 Å². The van der Waals surface area contributed by atoms with E-state index in [0.717, 1.165) is 0 Å². The second-order valence-electron chi connectivity index (χ2n) is 4.29. The van der Waals surface area contributed by atoms with Crippen LogP contribution in [0.5, 0.6) is 11.5 Å². The molecule has 1 aromatic heterocycles. The van der Waals surface area contributed by atoms with Crippen molar-refractivity contribution < 1.29 is 22.3 Å². The van der Waals surface area contributed by atoms with Crippen LogP contribution in [0.25, 0.3) is 0 Å². The molecular weight excluding hydrogens is 308 g/mol. The molecule has 8 heteroatoms. The molecule has 1 N–H and O–H groups in total. The zero-order valence-electron chi connectivity index (χ0n) is 12.4. The molecule has 0 spiro atoms. The van der Waals surface area contributed by atoms with E-state index in [1.807, 2.05) is 0 Å². The lowest BCUT2D eigenvalue weighted by atomic mass is 10.3. The highest BCUT2D eigenvalue weighted by molar-refractivity contribution is 7.89. The summed E-state index contributed by atoms with van der Waals surface area (Å²) in [4.78, 5) is 2.09. The first-order valence-electron chi connectivity index (χ1n) is 6.30. The highest BCUT2D eigenvalue weighted by Crippen LogP contribution is 2.27. The number of hydrogen-bond donors (Lipinski definition) is 1. The molecule has 2 aromatic rings. The maximum Gasteiger partial charge on any atom is 0.280 e. The van der Waals surface area contributed by atoms with E-state index in [0.29, 0.717) is 17.2 Å². The maximum atomic E-state index is 12.4. The number of hydrogen-bond acceptors (Lipinski definition) is 6. The van der Waals surface area contributed by atoms with Crippen molar-refractivity contribution >= 4 is 15.7 Å². The summed E-state index contributed by atoms with van der Waals surface area (Å²) in [6.45, 7) is 1.63. The van der Waals surface area contributed by atoms with Crippen LogP contribution in [-0.2, 0) is 10.0 Å². The zero-order valence-corrected chi connectivity index (χ0v) is 13.2. The van der Waals surface area contributed by atoms with Crippen molar-refractivity contribution in [3.63, 3.8) is 0 Å². The second kappa shape index (κ2) is 6.52. The number of methoxy groups -OCH3 is 2. The molecule has 0 saturated heterocycles. The number of benzene rings is 1. The van der Waals surface area contributed by atoms with Crippen molar-refractivity contribution in [1.29, 1.82) is 0 Å². The Labute approximate surface area is 128 Å². The normalized spacial score (nSPS) is 12.0. The van der Waals surface area contributed by atoms with Gasteiger partial charge in [-0.15, -0.1) is 0 Å². The predicted octanol–water partition coefficient (Wildman–Crippen LogP) is 2.00. The average molecular weight is 324 g/mol. The summed E-state index contributed by atoms with van der Waals surface area (Å²) in [6, 6.07) is 7.85. The van der Waals surface area contributed by atoms with E-state index >= 15 is 0 Å². The highest BCUT2D eigenvalue weighted by atomic mass is 32.2. The van der Waals surface area contributed by atoms with E-state index in [4.69, 9.17) is 13.9 Å². The number of rotatable bonds is 6. The van der Waals surface area contributed by atoms with Gasteiger partial charge in [-0.2, -0.15) is 18.4 Å². The number of nitrogens with zero attached hydrogens (tertiary/aromatic N) is 1. The van der Waals surface area contributed by atoms with Crippen molar-refractivity contribution in [1.82, 2.24) is 4.83 Å². The fourth-order valence-corrected chi connectivity index (χ4v) is 2.75. The van der Waals surface area contributed by atoms with Crippen LogP contribution >= 0.6 is 0 Å². The summed E-state index contributed by atoms with van der Waals surface area (Å²) in [5.74, 6) is 1.06. The Morgan fingerprint density at radius 2 is 2.00 bits per heavy atom. The Morgan fingerprint density at radius 3 is 2.59 bits per heavy atom. The van der Waals surface area contributed by atoms with Crippen molar-refractivity contribution in [3.8, 4) is 11.5 Å². The van der Waals surface area contributed by atoms with Gasteiger partial charge in [-0.25, -0.2) is 0 Å². The third-order valence-electron chi connectivity index (χ3n) is 2.87. The third-order valence-corrected chi connectivity index (χ3v) is 4.10. The fourth-order valence-electron chi connectivity index (χ4n) is 1.71. The van der Waals surface area contributed by atoms with Crippen LogP contribution in [-0.4, -0.2) is 28.3 Å². The first kappa shape index (κ1) is 15.9. The summed E-state index contributed by atoms with van der Waals surface area (Å²) in [5, 5.41) is 3.83. The van der Waals surface area contributed by atoms with Crippen molar-refractivity contribution in [2.75, 3.05) is 14.2 Å². The molecule has 2 rings (SSSR count). The predicted molar refractivity (Wildman–Crippen MR) is 80.8 cm³/mol. The Kier molecular flexibility index (Phi) is 4.71. The van der Waals surface area contributed by atoms with Crippen LogP contribution in [0.4, 0.5) is 0 Å². The third kappa shape index (κ3) is 3.40. The van der Waals surface area contributed by atoms with Gasteiger partial charge in [0.05, 0.1) is 20.5 Å². The van der Waals surface area contributed by atoms with Gasteiger partial charge in [0, 0.05) is 6.07 Å². The number of ether oxygens (including phenoxy) is 2. The summed E-state index contributed by atoms with van der Waals surface area (Å²) < 4.78 is 40.0. The molecule has 0 fully saturated rings. The van der Waals surface area contributed by atoms with Crippen LogP contribution in [0, 0.1) is 0 Å². The molecule has 0 saturated carbocycles. The van der Waals surface area contributed by atoms with Crippen LogP contribution in [0.3, 0.4) is 0 Å². The number of sulfonamides is 1. The molecule has 22 heavy (non-hydrogen) atoms. The molecule has 118 valence electrons. The minimum atomic E-state index is -3.91. The maximum absolute atomic E-state index is 12.4. The molecule has 1 heterocycles. The first-order valence-corrected chi connectivity index (χ1v) is 7.78. The minimum Gasteiger partial charge on any atom is -0.497 e. The van der Waals surface area contributed by atoms with Crippen molar-refractivity contribution in [3.05, 3.63) is 42.4 Å². The van der Waals surface area contributed by atoms with Gasteiger partial charge in [0.2, 0.25) is 0 Å². The molecule has 1 aromatic carbocycles. The second-order valence-corrected chi connectivity index (χ2v) is 5.92. The number of hydrazone groups is 1. The average Bonchev–Trinajstić information content (AvgIpc) is 3.06. The Morgan fingerprint density at radius 1 is 1.23 bits per heavy atom. The Bertz CT molecular complexity index is 767. The molecule has 0 amide bonds. The lowest BCUT2D eigenvalue weighted by molar-refractivity contribution is 0.392. The molecule has 0 unspecified atom stereocenters. The minimum absolute atomic E-state index is 0.0645. The number of furan rings is 1. The van der Waals surface area contributed by atoms with Crippen LogP contribution < -0.4 is 14.3 Å². The summed E-state index contributed by atoms with van der Waals surface area (Å²) >= 11 is 0. The van der Waals surface area contributed by atoms with E-state index in [1.54, 1.807) is 25.1 Å². The summed E-state index contributed by atoms with van der Waals surface area (Å²) in [6.07, 6.45) is 1.48. The van der Waals surface area contributed by atoms with Gasteiger partial charge in [0.15, 0.2) is 0 Å². The molecular formula is C14H16N2O5S. The lowest BCUT2D eigenvalue weighted by Crippen LogP contribution is -2.20. The fraction of sp³-hybridized carbons (Fsp3) is 0.214. The standard InChI is InChI=1S/C14H16N2O5S/c1-10(12-5-4-8-21-12)15-16-22(17,18)14-9-11(19-2)6-7-13(14)20-3/h4-9,16H,1-3H3/b15-10+. The van der Waals surface area contributed by atoms with Gasteiger partial charge in [0.25, 0.3) is 10.0 Å². The topological polar surface area (TPSA) is 90.1 Å². The molecule has 7 nitrogen and oxygen atoms in total. The van der Waals surface area contributed by atoms with Gasteiger partial charge >= 0.3 is 0 Å². The van der Waals surface area contributed by atoms with Crippen LogP contribution in [0.15, 0.2) is 51.0 Å². The van der Waals surface area contributed by atoms with Crippen molar-refractivity contribution in [2.24, 2.45) is 5.10 Å². The zero-order chi connectivity index (χ0) is 16.2.